The van der Waals surface area contributed by atoms with Crippen LogP contribution in [-0.4, -0.2) is 59.9 Å². The zero-order chi connectivity index (χ0) is 21.5. The van der Waals surface area contributed by atoms with Gasteiger partial charge in [-0.25, -0.2) is 4.39 Å². The van der Waals surface area contributed by atoms with Gasteiger partial charge in [-0.2, -0.15) is 0 Å². The smallest absolute Gasteiger partial charge is 0.277 e. The topological polar surface area (TPSA) is 62.7 Å². The number of imide groups is 1. The predicted octanol–water partition coefficient (Wildman–Crippen LogP) is 2.90. The van der Waals surface area contributed by atoms with Crippen molar-refractivity contribution >= 4 is 17.4 Å². The fourth-order valence-corrected chi connectivity index (χ4v) is 3.55. The monoisotopic (exact) mass is 411 g/mol. The number of carbonyl (C=O) groups excluding carboxylic acids is 2. The molecule has 0 aliphatic carbocycles. The molecule has 158 valence electrons. The molecule has 0 radical (unpaired) electrons. The van der Waals surface area contributed by atoms with Crippen LogP contribution in [0.15, 0.2) is 54.5 Å². The second-order valence-electron chi connectivity index (χ2n) is 7.02. The number of ether oxygens (including phenoxy) is 1. The van der Waals surface area contributed by atoms with Gasteiger partial charge >= 0.3 is 0 Å². The first-order chi connectivity index (χ1) is 14.6. The molecule has 0 spiro atoms. The lowest BCUT2D eigenvalue weighted by Crippen LogP contribution is -2.36. The molecule has 1 aromatic carbocycles. The number of amides is 2. The zero-order valence-corrected chi connectivity index (χ0v) is 17.3. The van der Waals surface area contributed by atoms with E-state index in [1.807, 2.05) is 24.0 Å². The van der Waals surface area contributed by atoms with Gasteiger partial charge in [0.1, 0.15) is 11.5 Å². The van der Waals surface area contributed by atoms with E-state index >= 15 is 0 Å². The normalized spacial score (nSPS) is 14.0. The summed E-state index contributed by atoms with van der Waals surface area (Å²) in [5, 5.41) is 0. The highest BCUT2D eigenvalue weighted by Gasteiger charge is 2.40. The highest BCUT2D eigenvalue weighted by molar-refractivity contribution is 6.35. The van der Waals surface area contributed by atoms with Crippen LogP contribution in [0.25, 0.3) is 5.57 Å². The lowest BCUT2D eigenvalue weighted by atomic mass is 10.0. The van der Waals surface area contributed by atoms with E-state index in [0.717, 1.165) is 5.56 Å². The molecule has 30 heavy (non-hydrogen) atoms. The summed E-state index contributed by atoms with van der Waals surface area (Å²) in [7, 11) is 1.58. The number of likely N-dealkylation sites (N-methyl/N-ethyl adjacent to an activating group) is 1. The van der Waals surface area contributed by atoms with Gasteiger partial charge in [0, 0.05) is 45.7 Å². The summed E-state index contributed by atoms with van der Waals surface area (Å²) >= 11 is 0. The maximum atomic E-state index is 13.5. The number of pyridine rings is 1. The summed E-state index contributed by atoms with van der Waals surface area (Å²) in [6.45, 7) is 3.83. The van der Waals surface area contributed by atoms with Gasteiger partial charge in [-0.1, -0.05) is 12.1 Å². The number of halogens is 1. The van der Waals surface area contributed by atoms with Gasteiger partial charge in [-0.3, -0.25) is 19.5 Å². The van der Waals surface area contributed by atoms with Gasteiger partial charge in [0.2, 0.25) is 0 Å². The first kappa shape index (κ1) is 21.6. The Kier molecular flexibility index (Phi) is 7.30. The van der Waals surface area contributed by atoms with Crippen LogP contribution in [-0.2, 0) is 20.7 Å². The third-order valence-electron chi connectivity index (χ3n) is 5.12. The van der Waals surface area contributed by atoms with E-state index in [4.69, 9.17) is 4.74 Å². The quantitative estimate of drug-likeness (QED) is 0.444. The molecule has 0 saturated carbocycles. The van der Waals surface area contributed by atoms with Gasteiger partial charge in [0.25, 0.3) is 11.8 Å². The van der Waals surface area contributed by atoms with Crippen LogP contribution in [0.4, 0.5) is 4.39 Å². The van der Waals surface area contributed by atoms with Crippen LogP contribution in [0.2, 0.25) is 0 Å². The van der Waals surface area contributed by atoms with Crippen molar-refractivity contribution in [2.24, 2.45) is 0 Å². The summed E-state index contributed by atoms with van der Waals surface area (Å²) in [6.07, 6.45) is 4.73. The number of rotatable bonds is 10. The van der Waals surface area contributed by atoms with Crippen molar-refractivity contribution in [2.75, 3.05) is 33.4 Å². The summed E-state index contributed by atoms with van der Waals surface area (Å²) < 4.78 is 18.5. The Morgan fingerprint density at radius 3 is 2.40 bits per heavy atom. The zero-order valence-electron chi connectivity index (χ0n) is 17.3. The Balaban J connectivity index is 1.93. The van der Waals surface area contributed by atoms with Crippen molar-refractivity contribution in [3.8, 4) is 0 Å². The fraction of sp³-hybridized carbons (Fsp3) is 0.348. The van der Waals surface area contributed by atoms with Crippen molar-refractivity contribution in [3.63, 3.8) is 0 Å². The van der Waals surface area contributed by atoms with Crippen LogP contribution in [0.3, 0.4) is 0 Å². The third kappa shape index (κ3) is 4.74. The van der Waals surface area contributed by atoms with Crippen LogP contribution in [0.5, 0.6) is 0 Å². The molecule has 2 amide bonds. The van der Waals surface area contributed by atoms with Crippen LogP contribution < -0.4 is 0 Å². The molecule has 7 heteroatoms. The molecule has 2 heterocycles. The Labute approximate surface area is 176 Å². The van der Waals surface area contributed by atoms with Crippen molar-refractivity contribution < 1.29 is 18.7 Å². The number of benzene rings is 1. The van der Waals surface area contributed by atoms with E-state index < -0.39 is 0 Å². The highest BCUT2D eigenvalue weighted by Crippen LogP contribution is 2.32. The molecular weight excluding hydrogens is 385 g/mol. The van der Waals surface area contributed by atoms with Crippen LogP contribution in [0, 0.1) is 5.82 Å². The van der Waals surface area contributed by atoms with Gasteiger partial charge in [0.05, 0.1) is 5.57 Å². The highest BCUT2D eigenvalue weighted by atomic mass is 19.1. The molecule has 0 saturated heterocycles. The number of aromatic nitrogens is 1. The van der Waals surface area contributed by atoms with E-state index in [0.29, 0.717) is 49.4 Å². The second-order valence-corrected chi connectivity index (χ2v) is 7.02. The molecule has 1 aliphatic heterocycles. The lowest BCUT2D eigenvalue weighted by molar-refractivity contribution is -0.137. The van der Waals surface area contributed by atoms with E-state index in [9.17, 15) is 14.0 Å². The average molecular weight is 411 g/mol. The first-order valence-corrected chi connectivity index (χ1v) is 10.1. The van der Waals surface area contributed by atoms with Crippen molar-refractivity contribution in [2.45, 2.75) is 19.8 Å². The second kappa shape index (κ2) is 10.1. The standard InChI is InChI=1S/C23H26FN3O3/c1-3-26(15-11-17-9-12-25-13-10-17)21-20(18-5-7-19(24)8-6-18)22(28)27(23(21)29)14-4-16-30-2/h5-10,12-13H,3-4,11,14-16H2,1-2H3. The van der Waals surface area contributed by atoms with E-state index in [2.05, 4.69) is 4.98 Å². The molecule has 2 aromatic rings. The minimum absolute atomic E-state index is 0.279. The molecule has 0 atom stereocenters. The number of carbonyl (C=O) groups is 2. The summed E-state index contributed by atoms with van der Waals surface area (Å²) in [6, 6.07) is 9.57. The molecule has 0 unspecified atom stereocenters. The molecule has 6 nitrogen and oxygen atoms in total. The molecule has 0 fully saturated rings. The third-order valence-corrected chi connectivity index (χ3v) is 5.12. The Bertz CT molecular complexity index is 913. The predicted molar refractivity (Wildman–Crippen MR) is 112 cm³/mol. The molecule has 0 N–H and O–H groups in total. The minimum Gasteiger partial charge on any atom is -0.385 e. The minimum atomic E-state index is -0.389. The number of hydrogen-bond acceptors (Lipinski definition) is 5. The number of hydrogen-bond donors (Lipinski definition) is 0. The number of methoxy groups -OCH3 is 1. The Morgan fingerprint density at radius 2 is 1.77 bits per heavy atom. The largest absolute Gasteiger partial charge is 0.385 e. The first-order valence-electron chi connectivity index (χ1n) is 10.1. The average Bonchev–Trinajstić information content (AvgIpc) is 3.01. The Morgan fingerprint density at radius 1 is 1.07 bits per heavy atom. The number of nitrogens with zero attached hydrogens (tertiary/aromatic N) is 3. The van der Waals surface area contributed by atoms with Gasteiger partial charge in [0.15, 0.2) is 0 Å². The van der Waals surface area contributed by atoms with Gasteiger partial charge < -0.3 is 9.64 Å². The van der Waals surface area contributed by atoms with Gasteiger partial charge in [-0.15, -0.1) is 0 Å². The molecular formula is C23H26FN3O3. The van der Waals surface area contributed by atoms with E-state index in [1.54, 1.807) is 31.6 Å². The molecule has 3 rings (SSSR count). The SMILES string of the molecule is CCN(CCc1ccncc1)C1=C(c2ccc(F)cc2)C(=O)N(CCCOC)C1=O. The fourth-order valence-electron chi connectivity index (χ4n) is 3.55. The molecule has 1 aliphatic rings. The molecule has 1 aromatic heterocycles. The maximum absolute atomic E-state index is 13.5. The maximum Gasteiger partial charge on any atom is 0.277 e. The van der Waals surface area contributed by atoms with Crippen molar-refractivity contribution in [1.29, 1.82) is 0 Å². The van der Waals surface area contributed by atoms with Gasteiger partial charge in [-0.05, 0) is 55.2 Å². The van der Waals surface area contributed by atoms with Crippen LogP contribution in [0.1, 0.15) is 24.5 Å². The lowest BCUT2D eigenvalue weighted by Gasteiger charge is -2.25. The molecule has 0 bridgehead atoms. The summed E-state index contributed by atoms with van der Waals surface area (Å²) in [5.74, 6) is -1.05. The van der Waals surface area contributed by atoms with Crippen molar-refractivity contribution in [1.82, 2.24) is 14.8 Å². The Hall–Kier alpha value is -3.06. The summed E-state index contributed by atoms with van der Waals surface area (Å²) in [4.78, 5) is 33.7. The van der Waals surface area contributed by atoms with Crippen molar-refractivity contribution in [3.05, 3.63) is 71.4 Å². The van der Waals surface area contributed by atoms with Crippen LogP contribution >= 0.6 is 0 Å². The van der Waals surface area contributed by atoms with E-state index in [-0.39, 0.29) is 24.2 Å². The van der Waals surface area contributed by atoms with E-state index in [1.165, 1.54) is 17.0 Å². The summed E-state index contributed by atoms with van der Waals surface area (Å²) in [5.41, 5.74) is 2.34.